The largest absolute Gasteiger partial charge is 0.495 e. The summed E-state index contributed by atoms with van der Waals surface area (Å²) in [6, 6.07) is 16.6. The molecule has 1 amide bonds. The maximum absolute atomic E-state index is 13.1. The number of benzene rings is 3. The standard InChI is InChI=1S/C26H24Cl2N4O4/c1-34-20-15-21(35-2)24(28)22(23(20)27)17-8-9-18-19(14-17)29-30-25(18)32(10-12-36-13-11-32)31-26(33)16-6-4-3-5-7-16/h3-9,14-15H,10-13H2,1-2H3,(H-,29,30,31,33)/p+1. The molecular weight excluding hydrogens is 503 g/mol. The van der Waals surface area contributed by atoms with Gasteiger partial charge in [0.1, 0.15) is 24.6 Å². The van der Waals surface area contributed by atoms with Crippen molar-refractivity contribution in [3.8, 4) is 22.6 Å². The van der Waals surface area contributed by atoms with Crippen LogP contribution in [0.25, 0.3) is 22.0 Å². The van der Waals surface area contributed by atoms with Gasteiger partial charge in [-0.3, -0.25) is 9.89 Å². The minimum absolute atomic E-state index is 0.168. The van der Waals surface area contributed by atoms with Gasteiger partial charge in [-0.15, -0.1) is 5.10 Å². The Morgan fingerprint density at radius 3 is 2.31 bits per heavy atom. The zero-order valence-electron chi connectivity index (χ0n) is 19.8. The molecule has 0 unspecified atom stereocenters. The van der Waals surface area contributed by atoms with Crippen LogP contribution in [0.4, 0.5) is 5.82 Å². The van der Waals surface area contributed by atoms with Crippen LogP contribution in [-0.4, -0.2) is 56.6 Å². The highest BCUT2D eigenvalue weighted by molar-refractivity contribution is 6.41. The van der Waals surface area contributed by atoms with E-state index in [1.54, 1.807) is 18.2 Å². The van der Waals surface area contributed by atoms with Crippen molar-refractivity contribution in [1.82, 2.24) is 20.2 Å². The van der Waals surface area contributed by atoms with E-state index in [-0.39, 0.29) is 10.5 Å². The molecule has 1 aliphatic rings. The van der Waals surface area contributed by atoms with Crippen LogP contribution in [0, 0.1) is 0 Å². The van der Waals surface area contributed by atoms with Gasteiger partial charge in [0.15, 0.2) is 0 Å². The van der Waals surface area contributed by atoms with E-state index in [1.807, 2.05) is 36.4 Å². The van der Waals surface area contributed by atoms with E-state index in [0.29, 0.717) is 64.8 Å². The van der Waals surface area contributed by atoms with Gasteiger partial charge >= 0.3 is 0 Å². The van der Waals surface area contributed by atoms with Gasteiger partial charge in [0.25, 0.3) is 11.7 Å². The zero-order valence-corrected chi connectivity index (χ0v) is 21.3. The summed E-state index contributed by atoms with van der Waals surface area (Å²) < 4.78 is 16.6. The van der Waals surface area contributed by atoms with Gasteiger partial charge in [-0.25, -0.2) is 0 Å². The fourth-order valence-corrected chi connectivity index (χ4v) is 5.22. The fourth-order valence-electron chi connectivity index (χ4n) is 4.51. The van der Waals surface area contributed by atoms with Gasteiger partial charge in [0.2, 0.25) is 0 Å². The first-order valence-electron chi connectivity index (χ1n) is 11.4. The molecule has 0 spiro atoms. The Morgan fingerprint density at radius 1 is 1.00 bits per heavy atom. The molecule has 1 saturated heterocycles. The normalized spacial score (nSPS) is 15.0. The smallest absolute Gasteiger partial charge is 0.296 e. The number of halogens is 2. The molecular formula is C26H25Cl2N4O4+. The molecule has 3 aromatic carbocycles. The van der Waals surface area contributed by atoms with Gasteiger partial charge in [-0.1, -0.05) is 47.5 Å². The lowest BCUT2D eigenvalue weighted by Gasteiger charge is -2.37. The molecule has 186 valence electrons. The van der Waals surface area contributed by atoms with Gasteiger partial charge < -0.3 is 14.2 Å². The van der Waals surface area contributed by atoms with Crippen molar-refractivity contribution in [2.45, 2.75) is 0 Å². The molecule has 10 heteroatoms. The van der Waals surface area contributed by atoms with Crippen LogP contribution >= 0.6 is 23.2 Å². The average Bonchev–Trinajstić information content (AvgIpc) is 3.34. The molecule has 0 bridgehead atoms. The lowest BCUT2D eigenvalue weighted by Crippen LogP contribution is -2.66. The lowest BCUT2D eigenvalue weighted by molar-refractivity contribution is 0.0149. The van der Waals surface area contributed by atoms with Gasteiger partial charge in [0.05, 0.1) is 48.4 Å². The predicted molar refractivity (Wildman–Crippen MR) is 141 cm³/mol. The summed E-state index contributed by atoms with van der Waals surface area (Å²) in [7, 11) is 3.08. The van der Waals surface area contributed by atoms with E-state index in [0.717, 1.165) is 16.5 Å². The van der Waals surface area contributed by atoms with Crippen molar-refractivity contribution in [2.75, 3.05) is 40.5 Å². The summed E-state index contributed by atoms with van der Waals surface area (Å²) in [6.07, 6.45) is 0. The number of aromatic amines is 1. The second kappa shape index (κ2) is 9.99. The molecule has 0 atom stereocenters. The Morgan fingerprint density at radius 2 is 1.67 bits per heavy atom. The first-order valence-corrected chi connectivity index (χ1v) is 12.1. The van der Waals surface area contributed by atoms with Crippen LogP contribution in [-0.2, 0) is 4.74 Å². The van der Waals surface area contributed by atoms with Crippen LogP contribution in [0.15, 0.2) is 54.6 Å². The van der Waals surface area contributed by atoms with E-state index < -0.39 is 0 Å². The third-order valence-corrected chi connectivity index (χ3v) is 7.15. The molecule has 0 aliphatic carbocycles. The van der Waals surface area contributed by atoms with Gasteiger partial charge in [-0.2, -0.15) is 10.0 Å². The molecule has 2 heterocycles. The molecule has 1 fully saturated rings. The number of nitrogens with one attached hydrogen (secondary N) is 2. The maximum Gasteiger partial charge on any atom is 0.296 e. The van der Waals surface area contributed by atoms with Crippen molar-refractivity contribution >= 4 is 45.8 Å². The number of nitrogens with zero attached hydrogens (tertiary/aromatic N) is 2. The van der Waals surface area contributed by atoms with Crippen LogP contribution < -0.4 is 19.5 Å². The molecule has 1 aliphatic heterocycles. The highest BCUT2D eigenvalue weighted by Crippen LogP contribution is 2.46. The number of carbonyl (C=O) groups excluding carboxylic acids is 1. The van der Waals surface area contributed by atoms with Crippen molar-refractivity contribution in [1.29, 1.82) is 0 Å². The Kier molecular flexibility index (Phi) is 6.77. The fraction of sp³-hybridized carbons (Fsp3) is 0.231. The number of fused-ring (bicyclic) bond motifs is 1. The molecule has 4 aromatic rings. The molecule has 0 radical (unpaired) electrons. The number of hydrogen-bond acceptors (Lipinski definition) is 5. The highest BCUT2D eigenvalue weighted by atomic mass is 35.5. The first-order chi connectivity index (χ1) is 17.5. The number of methoxy groups -OCH3 is 2. The number of hydrogen-bond donors (Lipinski definition) is 2. The van der Waals surface area contributed by atoms with Crippen molar-refractivity contribution in [2.24, 2.45) is 0 Å². The second-order valence-corrected chi connectivity index (χ2v) is 9.18. The lowest BCUT2D eigenvalue weighted by atomic mass is 10.0. The number of aromatic nitrogens is 2. The number of morpholine rings is 1. The van der Waals surface area contributed by atoms with Gasteiger partial charge in [-0.05, 0) is 29.8 Å². The predicted octanol–water partition coefficient (Wildman–Crippen LogP) is 5.24. The Bertz CT molecular complexity index is 1390. The summed E-state index contributed by atoms with van der Waals surface area (Å²) in [5, 5.41) is 9.41. The molecule has 1 aromatic heterocycles. The van der Waals surface area contributed by atoms with Crippen LogP contribution in [0.3, 0.4) is 0 Å². The summed E-state index contributed by atoms with van der Waals surface area (Å²) >= 11 is 13.3. The number of carbonyl (C=O) groups is 1. The third kappa shape index (κ3) is 4.26. The van der Waals surface area contributed by atoms with Crippen molar-refractivity contribution < 1.29 is 19.0 Å². The van der Waals surface area contributed by atoms with E-state index in [9.17, 15) is 4.79 Å². The van der Waals surface area contributed by atoms with Crippen molar-refractivity contribution in [3.05, 3.63) is 70.2 Å². The van der Waals surface area contributed by atoms with Gasteiger partial charge in [0, 0.05) is 17.2 Å². The molecule has 5 rings (SSSR count). The SMILES string of the molecule is COc1cc(OC)c(Cl)c(-c2ccc3c([N+]4(NC(=O)c5ccccc5)CCOCC4)n[nH]c3c2)c1Cl. The summed E-state index contributed by atoms with van der Waals surface area (Å²) in [5.74, 6) is 1.45. The minimum atomic E-state index is -0.174. The topological polar surface area (TPSA) is 85.5 Å². The Balaban J connectivity index is 1.58. The zero-order chi connectivity index (χ0) is 25.3. The highest BCUT2D eigenvalue weighted by Gasteiger charge is 2.40. The summed E-state index contributed by atoms with van der Waals surface area (Å²) in [5.41, 5.74) is 5.92. The van der Waals surface area contributed by atoms with E-state index in [2.05, 4.69) is 15.6 Å². The van der Waals surface area contributed by atoms with Crippen LogP contribution in [0.1, 0.15) is 10.4 Å². The van der Waals surface area contributed by atoms with Crippen LogP contribution in [0.5, 0.6) is 11.5 Å². The number of H-pyrrole nitrogens is 1. The number of quaternary nitrogens is 1. The average molecular weight is 528 g/mol. The molecule has 0 saturated carbocycles. The maximum atomic E-state index is 13.1. The first kappa shape index (κ1) is 24.4. The third-order valence-electron chi connectivity index (χ3n) is 6.40. The van der Waals surface area contributed by atoms with Crippen molar-refractivity contribution in [3.63, 3.8) is 0 Å². The number of amides is 1. The van der Waals surface area contributed by atoms with E-state index >= 15 is 0 Å². The molecule has 36 heavy (non-hydrogen) atoms. The monoisotopic (exact) mass is 527 g/mol. The Hall–Kier alpha value is -3.30. The Labute approximate surface area is 218 Å². The molecule has 8 nitrogen and oxygen atoms in total. The molecule has 2 N–H and O–H groups in total. The summed E-state index contributed by atoms with van der Waals surface area (Å²) in [6.45, 7) is 2.09. The minimum Gasteiger partial charge on any atom is -0.495 e. The summed E-state index contributed by atoms with van der Waals surface area (Å²) in [4.78, 5) is 13.1. The van der Waals surface area contributed by atoms with Crippen LogP contribution in [0.2, 0.25) is 10.0 Å². The quantitative estimate of drug-likeness (QED) is 0.335. The van der Waals surface area contributed by atoms with E-state index in [4.69, 9.17) is 37.4 Å². The number of ether oxygens (including phenoxy) is 3. The van der Waals surface area contributed by atoms with E-state index in [1.165, 1.54) is 14.2 Å². The number of rotatable bonds is 6. The second-order valence-electron chi connectivity index (χ2n) is 8.43.